The molecule has 3 N–H and O–H groups in total. The summed E-state index contributed by atoms with van der Waals surface area (Å²) in [7, 11) is 0. The first-order valence-corrected chi connectivity index (χ1v) is 5.78. The van der Waals surface area contributed by atoms with Gasteiger partial charge in [-0.3, -0.25) is 10.1 Å². The lowest BCUT2D eigenvalue weighted by Crippen LogP contribution is -2.26. The molecule has 1 unspecified atom stereocenters. The summed E-state index contributed by atoms with van der Waals surface area (Å²) in [6.07, 6.45) is -4.87. The van der Waals surface area contributed by atoms with Crippen molar-refractivity contribution in [2.75, 3.05) is 6.61 Å². The predicted molar refractivity (Wildman–Crippen MR) is 66.6 cm³/mol. The highest BCUT2D eigenvalue weighted by molar-refractivity contribution is 5.84. The number of aromatic nitrogens is 1. The van der Waals surface area contributed by atoms with Crippen LogP contribution in [0.15, 0.2) is 18.2 Å². The Morgan fingerprint density at radius 1 is 1.33 bits per heavy atom. The number of H-pyrrole nitrogens is 1. The zero-order valence-electron chi connectivity index (χ0n) is 10.7. The Morgan fingerprint density at radius 2 is 1.95 bits per heavy atom. The second kappa shape index (κ2) is 4.71. The number of nitro benzene ring substituents is 1. The third-order valence-corrected chi connectivity index (χ3v) is 3.13. The van der Waals surface area contributed by atoms with Gasteiger partial charge >= 0.3 is 6.18 Å². The van der Waals surface area contributed by atoms with Gasteiger partial charge in [-0.05, 0) is 19.1 Å². The molecule has 114 valence electrons. The van der Waals surface area contributed by atoms with Gasteiger partial charge in [-0.1, -0.05) is 0 Å². The Bertz CT molecular complexity index is 706. The van der Waals surface area contributed by atoms with Crippen molar-refractivity contribution in [1.82, 2.24) is 4.98 Å². The van der Waals surface area contributed by atoms with Gasteiger partial charge < -0.3 is 15.2 Å². The second-order valence-corrected chi connectivity index (χ2v) is 4.83. The highest BCUT2D eigenvalue weighted by Crippen LogP contribution is 2.39. The molecule has 21 heavy (non-hydrogen) atoms. The fraction of sp³-hybridized carbons (Fsp3) is 0.333. The third kappa shape index (κ3) is 2.69. The molecule has 9 heteroatoms. The number of alkyl halides is 3. The Balaban J connectivity index is 2.72. The fourth-order valence-corrected chi connectivity index (χ4v) is 1.92. The van der Waals surface area contributed by atoms with Crippen LogP contribution < -0.4 is 0 Å². The predicted octanol–water partition coefficient (Wildman–Crippen LogP) is 2.29. The molecule has 1 heterocycles. The van der Waals surface area contributed by atoms with Crippen LogP contribution in [-0.2, 0) is 11.8 Å². The van der Waals surface area contributed by atoms with Crippen LogP contribution in [0.4, 0.5) is 18.9 Å². The molecule has 0 spiro atoms. The first kappa shape index (κ1) is 15.3. The van der Waals surface area contributed by atoms with Gasteiger partial charge in [0.1, 0.15) is 11.2 Å². The molecule has 2 rings (SSSR count). The summed E-state index contributed by atoms with van der Waals surface area (Å²) in [5.74, 6) is 0. The monoisotopic (exact) mass is 304 g/mol. The summed E-state index contributed by atoms with van der Waals surface area (Å²) < 4.78 is 38.5. The van der Waals surface area contributed by atoms with Crippen molar-refractivity contribution in [2.24, 2.45) is 0 Å². The van der Waals surface area contributed by atoms with Crippen molar-refractivity contribution in [2.45, 2.75) is 18.7 Å². The molecule has 1 atom stereocenters. The van der Waals surface area contributed by atoms with Crippen molar-refractivity contribution in [3.63, 3.8) is 0 Å². The zero-order chi connectivity index (χ0) is 16.0. The van der Waals surface area contributed by atoms with Crippen LogP contribution in [0.2, 0.25) is 0 Å². The Hall–Kier alpha value is -2.13. The van der Waals surface area contributed by atoms with Crippen LogP contribution in [0.1, 0.15) is 18.2 Å². The van der Waals surface area contributed by atoms with Crippen molar-refractivity contribution in [1.29, 1.82) is 0 Å². The van der Waals surface area contributed by atoms with Gasteiger partial charge in [0.25, 0.3) is 5.69 Å². The largest absolute Gasteiger partial charge is 0.423 e. The lowest BCUT2D eigenvalue weighted by molar-refractivity contribution is -0.387. The molecule has 0 aliphatic heterocycles. The first-order chi connectivity index (χ1) is 9.56. The van der Waals surface area contributed by atoms with Gasteiger partial charge in [0.05, 0.1) is 17.2 Å². The Morgan fingerprint density at radius 3 is 2.43 bits per heavy atom. The number of nitrogens with one attached hydrogen (secondary N) is 1. The highest BCUT2D eigenvalue weighted by atomic mass is 19.4. The number of rotatable bonds is 3. The minimum absolute atomic E-state index is 0.0170. The summed E-state index contributed by atoms with van der Waals surface area (Å²) in [6.45, 7) is 0.602. The highest BCUT2D eigenvalue weighted by Gasteiger charge is 2.39. The van der Waals surface area contributed by atoms with E-state index in [1.165, 1.54) is 13.0 Å². The lowest BCUT2D eigenvalue weighted by atomic mass is 10.0. The van der Waals surface area contributed by atoms with E-state index < -0.39 is 34.6 Å². The van der Waals surface area contributed by atoms with E-state index in [1.807, 2.05) is 0 Å². The van der Waals surface area contributed by atoms with Gasteiger partial charge in [-0.25, -0.2) is 0 Å². The quantitative estimate of drug-likeness (QED) is 0.598. The number of hydrogen-bond donors (Lipinski definition) is 3. The number of nitro groups is 1. The van der Waals surface area contributed by atoms with E-state index in [-0.39, 0.29) is 16.6 Å². The van der Waals surface area contributed by atoms with E-state index in [9.17, 15) is 28.4 Å². The van der Waals surface area contributed by atoms with Crippen LogP contribution in [-0.4, -0.2) is 26.7 Å². The second-order valence-electron chi connectivity index (χ2n) is 4.83. The van der Waals surface area contributed by atoms with Crippen molar-refractivity contribution < 1.29 is 28.3 Å². The van der Waals surface area contributed by atoms with E-state index in [0.717, 1.165) is 6.07 Å². The van der Waals surface area contributed by atoms with Crippen molar-refractivity contribution in [3.8, 4) is 0 Å². The normalized spacial score (nSPS) is 15.1. The van der Waals surface area contributed by atoms with Crippen molar-refractivity contribution >= 4 is 16.6 Å². The topological polar surface area (TPSA) is 99.4 Å². The molecule has 0 bridgehead atoms. The SMILES string of the molecule is CC(O)(CO)c1cc2cc([N+](=O)[O-])c(C(F)(F)F)cc2[nH]1. The van der Waals surface area contributed by atoms with Crippen LogP contribution >= 0.6 is 0 Å². The summed E-state index contributed by atoms with van der Waals surface area (Å²) in [5.41, 5.74) is -4.09. The van der Waals surface area contributed by atoms with Crippen LogP contribution in [0.3, 0.4) is 0 Å². The molecular weight excluding hydrogens is 293 g/mol. The van der Waals surface area contributed by atoms with E-state index in [0.29, 0.717) is 6.07 Å². The standard InChI is InChI=1S/C12H11F3N2O4/c1-11(19,5-18)10-3-6-2-9(17(20)21)7(12(13,14)15)4-8(6)16-10/h2-4,16,18-19H,5H2,1H3. The minimum Gasteiger partial charge on any atom is -0.393 e. The maximum Gasteiger partial charge on any atom is 0.423 e. The van der Waals surface area contributed by atoms with E-state index in [1.54, 1.807) is 0 Å². The summed E-state index contributed by atoms with van der Waals surface area (Å²) in [4.78, 5) is 12.2. The maximum absolute atomic E-state index is 12.8. The number of benzene rings is 1. The molecule has 0 fully saturated rings. The smallest absolute Gasteiger partial charge is 0.393 e. The number of nitrogens with zero attached hydrogens (tertiary/aromatic N) is 1. The number of aromatic amines is 1. The summed E-state index contributed by atoms with van der Waals surface area (Å²) >= 11 is 0. The zero-order valence-corrected chi connectivity index (χ0v) is 10.7. The molecule has 6 nitrogen and oxygen atoms in total. The molecule has 0 aliphatic carbocycles. The maximum atomic E-state index is 12.8. The average Bonchev–Trinajstić information content (AvgIpc) is 2.79. The summed E-state index contributed by atoms with van der Waals surface area (Å²) in [6, 6.07) is 2.66. The van der Waals surface area contributed by atoms with Gasteiger partial charge in [0.2, 0.25) is 0 Å². The van der Waals surface area contributed by atoms with Gasteiger partial charge in [-0.2, -0.15) is 13.2 Å². The van der Waals surface area contributed by atoms with Crippen LogP contribution in [0.5, 0.6) is 0 Å². The first-order valence-electron chi connectivity index (χ1n) is 5.78. The molecule has 0 radical (unpaired) electrons. The summed E-state index contributed by atoms with van der Waals surface area (Å²) in [5, 5.41) is 29.8. The molecule has 0 aliphatic rings. The van der Waals surface area contributed by atoms with E-state index in [4.69, 9.17) is 5.11 Å². The average molecular weight is 304 g/mol. The number of halogens is 3. The third-order valence-electron chi connectivity index (χ3n) is 3.13. The van der Waals surface area contributed by atoms with E-state index >= 15 is 0 Å². The van der Waals surface area contributed by atoms with Crippen molar-refractivity contribution in [3.05, 3.63) is 39.6 Å². The number of fused-ring (bicyclic) bond motifs is 1. The Labute approximate surface area is 116 Å². The molecule has 0 amide bonds. The molecule has 2 aromatic rings. The fourth-order valence-electron chi connectivity index (χ4n) is 1.92. The molecule has 1 aromatic heterocycles. The van der Waals surface area contributed by atoms with Gasteiger partial charge in [0, 0.05) is 17.0 Å². The van der Waals surface area contributed by atoms with Gasteiger partial charge in [0.15, 0.2) is 0 Å². The van der Waals surface area contributed by atoms with Crippen LogP contribution in [0, 0.1) is 10.1 Å². The Kier molecular flexibility index (Phi) is 3.42. The molecule has 0 saturated heterocycles. The minimum atomic E-state index is -4.87. The lowest BCUT2D eigenvalue weighted by Gasteiger charge is -2.18. The van der Waals surface area contributed by atoms with Gasteiger partial charge in [-0.15, -0.1) is 0 Å². The van der Waals surface area contributed by atoms with E-state index in [2.05, 4.69) is 4.98 Å². The molecular formula is C12H11F3N2O4. The van der Waals surface area contributed by atoms with Crippen LogP contribution in [0.25, 0.3) is 10.9 Å². The number of aliphatic hydroxyl groups excluding tert-OH is 1. The molecule has 0 saturated carbocycles. The molecule has 1 aromatic carbocycles. The number of hydrogen-bond acceptors (Lipinski definition) is 4. The number of aliphatic hydroxyl groups is 2.